The van der Waals surface area contributed by atoms with Crippen LogP contribution >= 0.6 is 22.9 Å². The fourth-order valence-corrected chi connectivity index (χ4v) is 3.10. The fraction of sp³-hybridized carbons (Fsp3) is 0.333. The molecule has 1 N–H and O–H groups in total. The molecule has 1 aromatic heterocycles. The second-order valence-electron chi connectivity index (χ2n) is 3.38. The first-order valence-corrected chi connectivity index (χ1v) is 5.30. The first kappa shape index (κ1) is 9.68. The third-order valence-corrected chi connectivity index (χ3v) is 4.00. The molecule has 0 amide bonds. The summed E-state index contributed by atoms with van der Waals surface area (Å²) in [6.07, 6.45) is 0.144. The van der Waals surface area contributed by atoms with Crippen LogP contribution < -0.4 is 0 Å². The Labute approximate surface area is 89.3 Å². The van der Waals surface area contributed by atoms with Crippen molar-refractivity contribution in [3.63, 3.8) is 0 Å². The van der Waals surface area contributed by atoms with Crippen LogP contribution in [0.15, 0.2) is 11.4 Å². The van der Waals surface area contributed by atoms with E-state index in [0.29, 0.717) is 9.90 Å². The van der Waals surface area contributed by atoms with Crippen LogP contribution in [0.25, 0.3) is 0 Å². The van der Waals surface area contributed by atoms with Crippen molar-refractivity contribution >= 4 is 34.7 Å². The largest absolute Gasteiger partial charge is 0.481 e. The highest BCUT2D eigenvalue weighted by molar-refractivity contribution is 7.11. The van der Waals surface area contributed by atoms with E-state index in [2.05, 4.69) is 0 Å². The summed E-state index contributed by atoms with van der Waals surface area (Å²) in [7, 11) is 0. The number of carbonyl (C=O) groups is 2. The first-order valence-electron chi connectivity index (χ1n) is 4.05. The lowest BCUT2D eigenvalue weighted by Crippen LogP contribution is -2.47. The van der Waals surface area contributed by atoms with Crippen molar-refractivity contribution < 1.29 is 14.7 Å². The van der Waals surface area contributed by atoms with Gasteiger partial charge in [-0.25, -0.2) is 0 Å². The smallest absolute Gasteiger partial charge is 0.315 e. The van der Waals surface area contributed by atoms with Crippen LogP contribution in [0.2, 0.25) is 5.02 Å². The number of Topliss-reactive ketones (excluding diaryl/α,β-unsaturated/α-hetero) is 1. The molecular weight excluding hydrogens is 224 g/mol. The monoisotopic (exact) mass is 230 g/mol. The molecule has 0 atom stereocenters. The highest BCUT2D eigenvalue weighted by Crippen LogP contribution is 2.46. The molecule has 0 spiro atoms. The molecule has 1 fully saturated rings. The lowest BCUT2D eigenvalue weighted by atomic mass is 9.67. The number of hydrogen-bond acceptors (Lipinski definition) is 3. The molecule has 0 radical (unpaired) electrons. The third kappa shape index (κ3) is 1.18. The van der Waals surface area contributed by atoms with E-state index in [9.17, 15) is 9.59 Å². The van der Waals surface area contributed by atoms with E-state index < -0.39 is 11.4 Å². The molecule has 1 heterocycles. The Hall–Kier alpha value is -0.870. The molecule has 1 aliphatic rings. The van der Waals surface area contributed by atoms with Crippen LogP contribution in [-0.4, -0.2) is 16.9 Å². The highest BCUT2D eigenvalue weighted by atomic mass is 35.5. The maximum absolute atomic E-state index is 11.1. The zero-order chi connectivity index (χ0) is 10.3. The quantitative estimate of drug-likeness (QED) is 0.847. The van der Waals surface area contributed by atoms with E-state index in [0.717, 1.165) is 0 Å². The van der Waals surface area contributed by atoms with Gasteiger partial charge in [-0.15, -0.1) is 11.3 Å². The maximum atomic E-state index is 11.1. The van der Waals surface area contributed by atoms with Crippen LogP contribution in [0.3, 0.4) is 0 Å². The van der Waals surface area contributed by atoms with Crippen LogP contribution in [0, 0.1) is 0 Å². The average molecular weight is 231 g/mol. The number of carboxylic acid groups (broad SMARTS) is 1. The Kier molecular flexibility index (Phi) is 2.12. The summed E-state index contributed by atoms with van der Waals surface area (Å²) in [5.41, 5.74) is -1.04. The average Bonchev–Trinajstić information content (AvgIpc) is 2.45. The predicted octanol–water partition coefficient (Wildman–Crippen LogP) is 2.09. The molecule has 0 bridgehead atoms. The minimum atomic E-state index is -1.04. The summed E-state index contributed by atoms with van der Waals surface area (Å²) in [5, 5.41) is 11.3. The van der Waals surface area contributed by atoms with Crippen molar-refractivity contribution in [1.29, 1.82) is 0 Å². The second kappa shape index (κ2) is 3.07. The van der Waals surface area contributed by atoms with Crippen molar-refractivity contribution in [1.82, 2.24) is 0 Å². The van der Waals surface area contributed by atoms with Gasteiger partial charge < -0.3 is 5.11 Å². The van der Waals surface area contributed by atoms with Gasteiger partial charge in [-0.05, 0) is 11.4 Å². The number of rotatable bonds is 2. The maximum Gasteiger partial charge on any atom is 0.315 e. The van der Waals surface area contributed by atoms with E-state index in [1.165, 1.54) is 11.3 Å². The van der Waals surface area contributed by atoms with Gasteiger partial charge in [-0.2, -0.15) is 0 Å². The lowest BCUT2D eigenvalue weighted by molar-refractivity contribution is -0.153. The summed E-state index contributed by atoms with van der Waals surface area (Å²) in [5.74, 6) is -0.974. The van der Waals surface area contributed by atoms with Crippen LogP contribution in [0.5, 0.6) is 0 Å². The zero-order valence-corrected chi connectivity index (χ0v) is 8.69. The van der Waals surface area contributed by atoms with E-state index in [4.69, 9.17) is 16.7 Å². The molecule has 0 aromatic carbocycles. The van der Waals surface area contributed by atoms with Crippen molar-refractivity contribution in [3.8, 4) is 0 Å². The number of aliphatic carboxylic acids is 1. The zero-order valence-electron chi connectivity index (χ0n) is 7.12. The highest BCUT2D eigenvalue weighted by Gasteiger charge is 2.53. The number of halogens is 1. The Morgan fingerprint density at radius 2 is 2.21 bits per heavy atom. The minimum absolute atomic E-state index is 0.0168. The summed E-state index contributed by atoms with van der Waals surface area (Å²) in [4.78, 5) is 22.6. The predicted molar refractivity (Wildman–Crippen MR) is 52.9 cm³/mol. The molecule has 1 aromatic rings. The summed E-state index contributed by atoms with van der Waals surface area (Å²) < 4.78 is 0. The van der Waals surface area contributed by atoms with Crippen molar-refractivity contribution in [2.75, 3.05) is 0 Å². The third-order valence-electron chi connectivity index (χ3n) is 2.46. The SMILES string of the molecule is O=C1CC(C(=O)O)(c2sccc2Cl)C1. The minimum Gasteiger partial charge on any atom is -0.481 e. The van der Waals surface area contributed by atoms with Crippen LogP contribution in [0.4, 0.5) is 0 Å². The number of hydrogen-bond donors (Lipinski definition) is 1. The fourth-order valence-electron chi connectivity index (χ4n) is 1.67. The van der Waals surface area contributed by atoms with Gasteiger partial charge in [0.25, 0.3) is 0 Å². The summed E-state index contributed by atoms with van der Waals surface area (Å²) in [6.45, 7) is 0. The summed E-state index contributed by atoms with van der Waals surface area (Å²) in [6, 6.07) is 1.66. The molecule has 2 rings (SSSR count). The summed E-state index contributed by atoms with van der Waals surface area (Å²) >= 11 is 7.16. The first-order chi connectivity index (χ1) is 6.56. The van der Waals surface area contributed by atoms with E-state index in [-0.39, 0.29) is 18.6 Å². The van der Waals surface area contributed by atoms with Crippen LogP contribution in [0.1, 0.15) is 17.7 Å². The topological polar surface area (TPSA) is 54.4 Å². The molecule has 74 valence electrons. The van der Waals surface area contributed by atoms with Gasteiger partial charge in [0, 0.05) is 17.7 Å². The van der Waals surface area contributed by atoms with Gasteiger partial charge in [0.05, 0.1) is 5.02 Å². The standard InChI is InChI=1S/C9H7ClO3S/c10-6-1-2-14-7(6)9(8(12)13)3-5(11)4-9/h1-2H,3-4H2,(H,12,13). The molecule has 14 heavy (non-hydrogen) atoms. The Morgan fingerprint density at radius 3 is 2.57 bits per heavy atom. The Balaban J connectivity index is 2.44. The molecule has 0 unspecified atom stereocenters. The molecule has 0 saturated heterocycles. The van der Waals surface area contributed by atoms with Crippen molar-refractivity contribution in [2.24, 2.45) is 0 Å². The van der Waals surface area contributed by atoms with E-state index in [1.54, 1.807) is 11.4 Å². The van der Waals surface area contributed by atoms with Crippen molar-refractivity contribution in [2.45, 2.75) is 18.3 Å². The van der Waals surface area contributed by atoms with Gasteiger partial charge in [0.1, 0.15) is 11.2 Å². The number of ketones is 1. The van der Waals surface area contributed by atoms with E-state index >= 15 is 0 Å². The van der Waals surface area contributed by atoms with Gasteiger partial charge in [0.2, 0.25) is 0 Å². The second-order valence-corrected chi connectivity index (χ2v) is 4.70. The van der Waals surface area contributed by atoms with Gasteiger partial charge >= 0.3 is 5.97 Å². The van der Waals surface area contributed by atoms with Crippen LogP contribution in [-0.2, 0) is 15.0 Å². The molecule has 1 aliphatic carbocycles. The number of thiophene rings is 1. The van der Waals surface area contributed by atoms with Gasteiger partial charge in [-0.3, -0.25) is 9.59 Å². The number of carboxylic acids is 1. The molecule has 1 saturated carbocycles. The molecule has 3 nitrogen and oxygen atoms in total. The number of carbonyl (C=O) groups excluding carboxylic acids is 1. The molecular formula is C9H7ClO3S. The van der Waals surface area contributed by atoms with Gasteiger partial charge in [0.15, 0.2) is 0 Å². The van der Waals surface area contributed by atoms with Crippen molar-refractivity contribution in [3.05, 3.63) is 21.3 Å². The van der Waals surface area contributed by atoms with Gasteiger partial charge in [-0.1, -0.05) is 11.6 Å². The molecule has 5 heteroatoms. The Bertz CT molecular complexity index is 402. The molecule has 0 aliphatic heterocycles. The van der Waals surface area contributed by atoms with E-state index in [1.807, 2.05) is 0 Å². The normalized spacial score (nSPS) is 19.1. The lowest BCUT2D eigenvalue weighted by Gasteiger charge is -2.35. The Morgan fingerprint density at radius 1 is 1.57 bits per heavy atom.